The molecule has 0 spiro atoms. The summed E-state index contributed by atoms with van der Waals surface area (Å²) < 4.78 is 15.9. The number of ether oxygens (including phenoxy) is 3. The average molecular weight is 535 g/mol. The van der Waals surface area contributed by atoms with Crippen LogP contribution < -0.4 is 4.74 Å². The zero-order valence-corrected chi connectivity index (χ0v) is 23.8. The first-order chi connectivity index (χ1) is 19.0. The SMILES string of the molecule is C=CC(=O)OCCCCCCCCOc1ccc(-c2ccc(CCCCCCCOC(=O)C=C)c(C)c2)cc1. The second kappa shape index (κ2) is 19.7. The summed E-state index contributed by atoms with van der Waals surface area (Å²) in [5.41, 5.74) is 5.18. The number of rotatable bonds is 21. The van der Waals surface area contributed by atoms with Crippen molar-refractivity contribution >= 4 is 11.9 Å². The maximum atomic E-state index is 11.0. The largest absolute Gasteiger partial charge is 0.494 e. The van der Waals surface area contributed by atoms with Gasteiger partial charge in [0.25, 0.3) is 0 Å². The third kappa shape index (κ3) is 13.9. The molecule has 2 aromatic carbocycles. The topological polar surface area (TPSA) is 61.8 Å². The van der Waals surface area contributed by atoms with Crippen LogP contribution in [0.4, 0.5) is 0 Å². The Hall–Kier alpha value is -3.34. The molecule has 5 nitrogen and oxygen atoms in total. The van der Waals surface area contributed by atoms with Crippen molar-refractivity contribution in [2.24, 2.45) is 0 Å². The van der Waals surface area contributed by atoms with Crippen molar-refractivity contribution in [2.75, 3.05) is 19.8 Å². The molecule has 0 aliphatic heterocycles. The van der Waals surface area contributed by atoms with Gasteiger partial charge in [-0.1, -0.05) is 88.4 Å². The molecule has 0 fully saturated rings. The maximum absolute atomic E-state index is 11.0. The third-order valence-corrected chi connectivity index (χ3v) is 6.75. The van der Waals surface area contributed by atoms with E-state index in [9.17, 15) is 9.59 Å². The van der Waals surface area contributed by atoms with Gasteiger partial charge in [-0.05, 0) is 73.4 Å². The smallest absolute Gasteiger partial charge is 0.330 e. The quantitative estimate of drug-likeness (QED) is 0.0915. The van der Waals surface area contributed by atoms with Crippen molar-refractivity contribution in [3.8, 4) is 16.9 Å². The summed E-state index contributed by atoms with van der Waals surface area (Å²) in [6, 6.07) is 15.1. The van der Waals surface area contributed by atoms with Crippen molar-refractivity contribution in [3.05, 3.63) is 78.9 Å². The summed E-state index contributed by atoms with van der Waals surface area (Å²) in [4.78, 5) is 22.0. The molecule has 0 radical (unpaired) electrons. The van der Waals surface area contributed by atoms with E-state index in [1.54, 1.807) is 0 Å². The molecule has 0 aliphatic rings. The van der Waals surface area contributed by atoms with Gasteiger partial charge in [-0.25, -0.2) is 9.59 Å². The number of carbonyl (C=O) groups excluding carboxylic acids is 2. The predicted molar refractivity (Wildman–Crippen MR) is 159 cm³/mol. The molecule has 212 valence electrons. The Morgan fingerprint density at radius 2 is 1.13 bits per heavy atom. The number of unbranched alkanes of at least 4 members (excludes halogenated alkanes) is 9. The van der Waals surface area contributed by atoms with E-state index in [4.69, 9.17) is 14.2 Å². The maximum Gasteiger partial charge on any atom is 0.330 e. The lowest BCUT2D eigenvalue weighted by Crippen LogP contribution is -2.01. The second-order valence-electron chi connectivity index (χ2n) is 9.90. The lowest BCUT2D eigenvalue weighted by atomic mass is 9.96. The van der Waals surface area contributed by atoms with Gasteiger partial charge in [0.1, 0.15) is 5.75 Å². The minimum absolute atomic E-state index is 0.337. The van der Waals surface area contributed by atoms with Crippen molar-refractivity contribution in [1.82, 2.24) is 0 Å². The van der Waals surface area contributed by atoms with E-state index in [0.29, 0.717) is 13.2 Å². The van der Waals surface area contributed by atoms with E-state index in [2.05, 4.69) is 62.5 Å². The van der Waals surface area contributed by atoms with E-state index in [0.717, 1.165) is 70.1 Å². The number of aryl methyl sites for hydroxylation is 2. The van der Waals surface area contributed by atoms with Crippen LogP contribution in [0.25, 0.3) is 11.1 Å². The minimum Gasteiger partial charge on any atom is -0.494 e. The van der Waals surface area contributed by atoms with Crippen molar-refractivity contribution < 1.29 is 23.8 Å². The first-order valence-corrected chi connectivity index (χ1v) is 14.4. The highest BCUT2D eigenvalue weighted by Crippen LogP contribution is 2.25. The summed E-state index contributed by atoms with van der Waals surface area (Å²) in [5.74, 6) is 0.233. The number of hydrogen-bond donors (Lipinski definition) is 0. The van der Waals surface area contributed by atoms with E-state index in [1.807, 2.05) is 0 Å². The Morgan fingerprint density at radius 1 is 0.641 bits per heavy atom. The van der Waals surface area contributed by atoms with Gasteiger partial charge in [0.15, 0.2) is 0 Å². The fourth-order valence-electron chi connectivity index (χ4n) is 4.41. The average Bonchev–Trinajstić information content (AvgIpc) is 2.96. The predicted octanol–water partition coefficient (Wildman–Crippen LogP) is 8.33. The monoisotopic (exact) mass is 534 g/mol. The van der Waals surface area contributed by atoms with Crippen LogP contribution in [0, 0.1) is 6.92 Å². The van der Waals surface area contributed by atoms with Gasteiger partial charge in [0.2, 0.25) is 0 Å². The highest BCUT2D eigenvalue weighted by molar-refractivity contribution is 5.81. The molecular weight excluding hydrogens is 488 g/mol. The number of esters is 2. The molecule has 0 bridgehead atoms. The van der Waals surface area contributed by atoms with E-state index in [-0.39, 0.29) is 11.9 Å². The summed E-state index contributed by atoms with van der Waals surface area (Å²) in [7, 11) is 0. The summed E-state index contributed by atoms with van der Waals surface area (Å²) >= 11 is 0. The van der Waals surface area contributed by atoms with Crippen LogP contribution in [-0.2, 0) is 25.5 Å². The van der Waals surface area contributed by atoms with Gasteiger partial charge in [-0.15, -0.1) is 0 Å². The standard InChI is InChI=1S/C34H46O5/c1-4-33(35)38-25-15-11-7-6-10-14-24-37-32-22-20-30(21-23-32)31-19-18-29(28(3)27-31)17-13-9-8-12-16-26-39-34(36)5-2/h4-5,18-23,27H,1-2,6-17,24-26H2,3H3. The third-order valence-electron chi connectivity index (χ3n) is 6.75. The highest BCUT2D eigenvalue weighted by atomic mass is 16.5. The molecule has 2 rings (SSSR count). The van der Waals surface area contributed by atoms with Crippen LogP contribution in [0.2, 0.25) is 0 Å². The Labute approximate surface area is 235 Å². The summed E-state index contributed by atoms with van der Waals surface area (Å²) in [6.07, 6.45) is 15.5. The molecule has 0 amide bonds. The molecule has 0 aliphatic carbocycles. The first-order valence-electron chi connectivity index (χ1n) is 14.4. The number of hydrogen-bond acceptors (Lipinski definition) is 5. The van der Waals surface area contributed by atoms with Crippen LogP contribution in [0.1, 0.15) is 81.8 Å². The van der Waals surface area contributed by atoms with Gasteiger partial charge >= 0.3 is 11.9 Å². The Balaban J connectivity index is 1.59. The Morgan fingerprint density at radius 3 is 1.67 bits per heavy atom. The van der Waals surface area contributed by atoms with Crippen LogP contribution in [0.5, 0.6) is 5.75 Å². The normalized spacial score (nSPS) is 10.6. The van der Waals surface area contributed by atoms with E-state index >= 15 is 0 Å². The van der Waals surface area contributed by atoms with E-state index in [1.165, 1.54) is 53.7 Å². The Kier molecular flexibility index (Phi) is 16.1. The highest BCUT2D eigenvalue weighted by Gasteiger charge is 2.04. The fourth-order valence-corrected chi connectivity index (χ4v) is 4.41. The van der Waals surface area contributed by atoms with Crippen LogP contribution in [0.3, 0.4) is 0 Å². The van der Waals surface area contributed by atoms with Gasteiger partial charge < -0.3 is 14.2 Å². The zero-order chi connectivity index (χ0) is 28.1. The zero-order valence-electron chi connectivity index (χ0n) is 23.8. The summed E-state index contributed by atoms with van der Waals surface area (Å²) in [6.45, 7) is 10.7. The van der Waals surface area contributed by atoms with Crippen LogP contribution in [0.15, 0.2) is 67.8 Å². The molecule has 2 aromatic rings. The molecule has 0 saturated carbocycles. The lowest BCUT2D eigenvalue weighted by molar-refractivity contribution is -0.138. The fraction of sp³-hybridized carbons (Fsp3) is 0.471. The van der Waals surface area contributed by atoms with Gasteiger partial charge in [-0.2, -0.15) is 0 Å². The van der Waals surface area contributed by atoms with Gasteiger partial charge in [-0.3, -0.25) is 0 Å². The first kappa shape index (κ1) is 31.9. The second-order valence-corrected chi connectivity index (χ2v) is 9.90. The molecule has 0 unspecified atom stereocenters. The van der Waals surface area contributed by atoms with Crippen LogP contribution in [-0.4, -0.2) is 31.8 Å². The number of carbonyl (C=O) groups is 2. The van der Waals surface area contributed by atoms with E-state index < -0.39 is 0 Å². The van der Waals surface area contributed by atoms with Gasteiger partial charge in [0.05, 0.1) is 19.8 Å². The van der Waals surface area contributed by atoms with Crippen molar-refractivity contribution in [2.45, 2.75) is 84.0 Å². The van der Waals surface area contributed by atoms with Gasteiger partial charge in [0, 0.05) is 12.2 Å². The molecule has 0 N–H and O–H groups in total. The van der Waals surface area contributed by atoms with Crippen molar-refractivity contribution in [1.29, 1.82) is 0 Å². The molecule has 0 saturated heterocycles. The van der Waals surface area contributed by atoms with Crippen molar-refractivity contribution in [3.63, 3.8) is 0 Å². The minimum atomic E-state index is -0.342. The number of benzene rings is 2. The molecule has 39 heavy (non-hydrogen) atoms. The summed E-state index contributed by atoms with van der Waals surface area (Å²) in [5, 5.41) is 0. The molecule has 5 heteroatoms. The molecular formula is C34H46O5. The Bertz CT molecular complexity index is 1010. The molecule has 0 atom stereocenters. The molecule has 0 heterocycles. The van der Waals surface area contributed by atoms with Crippen LogP contribution >= 0.6 is 0 Å². The molecule has 0 aromatic heterocycles. The lowest BCUT2D eigenvalue weighted by Gasteiger charge is -2.11.